The van der Waals surface area contributed by atoms with E-state index < -0.39 is 12.3 Å². The van der Waals surface area contributed by atoms with E-state index in [-0.39, 0.29) is 17.6 Å². The molecule has 0 aromatic heterocycles. The molecule has 17 heavy (non-hydrogen) atoms. The van der Waals surface area contributed by atoms with Crippen LogP contribution in [-0.2, 0) is 4.74 Å². The standard InChI is InChI=1S/C12H22F3NO/c1-8(12(13,14)15)17-9-6-5-7-11(2,3)10(9)16-4/h8-10,16H,5-7H2,1-4H3. The molecule has 1 aliphatic rings. The van der Waals surface area contributed by atoms with Crippen LogP contribution in [0, 0.1) is 5.41 Å². The van der Waals surface area contributed by atoms with E-state index in [0.29, 0.717) is 6.42 Å². The number of rotatable bonds is 3. The second-order valence-corrected chi connectivity index (χ2v) is 5.51. The van der Waals surface area contributed by atoms with Gasteiger partial charge in [0.25, 0.3) is 0 Å². The van der Waals surface area contributed by atoms with Crippen molar-refractivity contribution < 1.29 is 17.9 Å². The van der Waals surface area contributed by atoms with Crippen LogP contribution < -0.4 is 5.32 Å². The zero-order valence-corrected chi connectivity index (χ0v) is 10.9. The van der Waals surface area contributed by atoms with Crippen LogP contribution in [0.3, 0.4) is 0 Å². The first-order chi connectivity index (χ1) is 7.68. The summed E-state index contributed by atoms with van der Waals surface area (Å²) < 4.78 is 42.7. The molecule has 1 saturated carbocycles. The minimum Gasteiger partial charge on any atom is -0.364 e. The van der Waals surface area contributed by atoms with Gasteiger partial charge >= 0.3 is 6.18 Å². The molecule has 5 heteroatoms. The highest BCUT2D eigenvalue weighted by Gasteiger charge is 2.44. The van der Waals surface area contributed by atoms with Crippen LogP contribution in [-0.4, -0.2) is 31.5 Å². The van der Waals surface area contributed by atoms with Crippen LogP contribution in [0.2, 0.25) is 0 Å². The summed E-state index contributed by atoms with van der Waals surface area (Å²) >= 11 is 0. The molecule has 1 N–H and O–H groups in total. The fourth-order valence-electron chi connectivity index (χ4n) is 2.65. The highest BCUT2D eigenvalue weighted by atomic mass is 19.4. The maximum absolute atomic E-state index is 12.5. The zero-order chi connectivity index (χ0) is 13.3. The van der Waals surface area contributed by atoms with Crippen LogP contribution >= 0.6 is 0 Å². The minimum absolute atomic E-state index is 0.0248. The van der Waals surface area contributed by atoms with Gasteiger partial charge in [-0.05, 0) is 32.2 Å². The molecule has 1 rings (SSSR count). The molecule has 1 fully saturated rings. The normalized spacial score (nSPS) is 31.2. The second kappa shape index (κ2) is 5.14. The van der Waals surface area contributed by atoms with E-state index in [0.717, 1.165) is 19.8 Å². The quantitative estimate of drug-likeness (QED) is 0.834. The lowest BCUT2D eigenvalue weighted by molar-refractivity contribution is -0.235. The van der Waals surface area contributed by atoms with E-state index in [1.54, 1.807) is 7.05 Å². The first-order valence-corrected chi connectivity index (χ1v) is 6.08. The first kappa shape index (κ1) is 14.8. The van der Waals surface area contributed by atoms with Crippen molar-refractivity contribution in [2.24, 2.45) is 5.41 Å². The van der Waals surface area contributed by atoms with Gasteiger partial charge in [-0.25, -0.2) is 0 Å². The third kappa shape index (κ3) is 3.58. The molecule has 1 aliphatic carbocycles. The zero-order valence-electron chi connectivity index (χ0n) is 10.9. The molecule has 3 unspecified atom stereocenters. The Morgan fingerprint density at radius 1 is 1.35 bits per heavy atom. The first-order valence-electron chi connectivity index (χ1n) is 6.08. The largest absolute Gasteiger partial charge is 0.414 e. The van der Waals surface area contributed by atoms with E-state index >= 15 is 0 Å². The number of likely N-dealkylation sites (N-methyl/N-ethyl adjacent to an activating group) is 1. The van der Waals surface area contributed by atoms with Crippen LogP contribution in [0.15, 0.2) is 0 Å². The third-order valence-corrected chi connectivity index (χ3v) is 3.67. The molecule has 0 heterocycles. The van der Waals surface area contributed by atoms with Crippen LogP contribution in [0.4, 0.5) is 13.2 Å². The van der Waals surface area contributed by atoms with Gasteiger partial charge < -0.3 is 10.1 Å². The van der Waals surface area contributed by atoms with Crippen LogP contribution in [0.5, 0.6) is 0 Å². The van der Waals surface area contributed by atoms with Crippen molar-refractivity contribution in [3.63, 3.8) is 0 Å². The molecule has 0 radical (unpaired) electrons. The highest BCUT2D eigenvalue weighted by molar-refractivity contribution is 4.94. The Kier molecular flexibility index (Phi) is 4.47. The van der Waals surface area contributed by atoms with Crippen molar-refractivity contribution in [3.05, 3.63) is 0 Å². The minimum atomic E-state index is -4.28. The number of hydrogen-bond acceptors (Lipinski definition) is 2. The van der Waals surface area contributed by atoms with E-state index in [9.17, 15) is 13.2 Å². The molecule has 102 valence electrons. The van der Waals surface area contributed by atoms with E-state index in [1.807, 2.05) is 0 Å². The summed E-state index contributed by atoms with van der Waals surface area (Å²) in [6.07, 6.45) is -3.72. The summed E-state index contributed by atoms with van der Waals surface area (Å²) in [5.41, 5.74) is -0.0248. The van der Waals surface area contributed by atoms with Gasteiger partial charge in [0.2, 0.25) is 0 Å². The van der Waals surface area contributed by atoms with E-state index in [1.165, 1.54) is 0 Å². The van der Waals surface area contributed by atoms with Gasteiger partial charge in [0.15, 0.2) is 6.10 Å². The lowest BCUT2D eigenvalue weighted by Crippen LogP contribution is -2.54. The molecule has 3 atom stereocenters. The lowest BCUT2D eigenvalue weighted by Gasteiger charge is -2.44. The van der Waals surface area contributed by atoms with Crippen molar-refractivity contribution in [1.29, 1.82) is 0 Å². The molecule has 0 aromatic carbocycles. The molecule has 0 aliphatic heterocycles. The van der Waals surface area contributed by atoms with E-state index in [4.69, 9.17) is 4.74 Å². The Bertz CT molecular complexity index is 253. The molecule has 0 amide bonds. The molecular weight excluding hydrogens is 231 g/mol. The summed E-state index contributed by atoms with van der Waals surface area (Å²) in [6, 6.07) is -0.0268. The highest BCUT2D eigenvalue weighted by Crippen LogP contribution is 2.38. The average molecular weight is 253 g/mol. The fraction of sp³-hybridized carbons (Fsp3) is 1.00. The van der Waals surface area contributed by atoms with Gasteiger partial charge in [0, 0.05) is 6.04 Å². The molecule has 0 aromatic rings. The number of ether oxygens (including phenoxy) is 1. The maximum atomic E-state index is 12.5. The van der Waals surface area contributed by atoms with Crippen molar-refractivity contribution in [3.8, 4) is 0 Å². The fourth-order valence-corrected chi connectivity index (χ4v) is 2.65. The summed E-state index contributed by atoms with van der Waals surface area (Å²) in [5, 5.41) is 3.11. The number of nitrogens with one attached hydrogen (secondary N) is 1. The van der Waals surface area contributed by atoms with Gasteiger partial charge in [-0.1, -0.05) is 20.3 Å². The number of halogens is 3. The SMILES string of the molecule is CNC1C(OC(C)C(F)(F)F)CCCC1(C)C. The van der Waals surface area contributed by atoms with Gasteiger partial charge in [-0.15, -0.1) is 0 Å². The average Bonchev–Trinajstić information content (AvgIpc) is 2.15. The van der Waals surface area contributed by atoms with Crippen LogP contribution in [0.1, 0.15) is 40.0 Å². The molecule has 0 spiro atoms. The van der Waals surface area contributed by atoms with Crippen LogP contribution in [0.25, 0.3) is 0 Å². The second-order valence-electron chi connectivity index (χ2n) is 5.51. The van der Waals surface area contributed by atoms with Gasteiger partial charge in [0.05, 0.1) is 6.10 Å². The Morgan fingerprint density at radius 3 is 2.41 bits per heavy atom. The topological polar surface area (TPSA) is 21.3 Å². The maximum Gasteiger partial charge on any atom is 0.414 e. The monoisotopic (exact) mass is 253 g/mol. The molecular formula is C12H22F3NO. The predicted molar refractivity (Wildman–Crippen MR) is 60.9 cm³/mol. The Hall–Kier alpha value is -0.290. The van der Waals surface area contributed by atoms with Crippen molar-refractivity contribution in [1.82, 2.24) is 5.32 Å². The molecule has 0 saturated heterocycles. The van der Waals surface area contributed by atoms with Gasteiger partial charge in [-0.2, -0.15) is 13.2 Å². The van der Waals surface area contributed by atoms with Gasteiger partial charge in [-0.3, -0.25) is 0 Å². The third-order valence-electron chi connectivity index (χ3n) is 3.67. The predicted octanol–water partition coefficient (Wildman–Crippen LogP) is 3.12. The summed E-state index contributed by atoms with van der Waals surface area (Å²) in [6.45, 7) is 5.22. The summed E-state index contributed by atoms with van der Waals surface area (Å²) in [5.74, 6) is 0. The Labute approximate surface area is 101 Å². The smallest absolute Gasteiger partial charge is 0.364 e. The number of hydrogen-bond donors (Lipinski definition) is 1. The summed E-state index contributed by atoms with van der Waals surface area (Å²) in [7, 11) is 1.78. The van der Waals surface area contributed by atoms with Crippen molar-refractivity contribution >= 4 is 0 Å². The Morgan fingerprint density at radius 2 is 1.94 bits per heavy atom. The number of alkyl halides is 3. The molecule has 0 bridgehead atoms. The molecule has 2 nitrogen and oxygen atoms in total. The van der Waals surface area contributed by atoms with Crippen molar-refractivity contribution in [2.75, 3.05) is 7.05 Å². The summed E-state index contributed by atoms with van der Waals surface area (Å²) in [4.78, 5) is 0. The van der Waals surface area contributed by atoms with E-state index in [2.05, 4.69) is 19.2 Å². The Balaban J connectivity index is 2.69. The van der Waals surface area contributed by atoms with Gasteiger partial charge in [0.1, 0.15) is 0 Å². The lowest BCUT2D eigenvalue weighted by atomic mass is 9.72. The van der Waals surface area contributed by atoms with Crippen molar-refractivity contribution in [2.45, 2.75) is 64.5 Å².